The van der Waals surface area contributed by atoms with E-state index in [9.17, 15) is 14.9 Å². The Hall–Kier alpha value is -2.81. The number of carbonyl (C=O) groups is 2. The molecule has 1 aromatic rings. The molecule has 2 N–H and O–H groups in total. The van der Waals surface area contributed by atoms with Gasteiger partial charge in [0.1, 0.15) is 11.6 Å². The first-order valence-corrected chi connectivity index (χ1v) is 10.5. The molecule has 166 valence electrons. The molecular formula is C24H37N3O3. The molecule has 2 atom stereocenters. The van der Waals surface area contributed by atoms with E-state index >= 15 is 0 Å². The summed E-state index contributed by atoms with van der Waals surface area (Å²) in [6, 6.07) is 9.50. The molecule has 6 nitrogen and oxygen atoms in total. The molecular weight excluding hydrogens is 378 g/mol. The number of aryl methyl sites for hydroxylation is 1. The molecule has 0 aliphatic heterocycles. The van der Waals surface area contributed by atoms with Crippen LogP contribution in [0, 0.1) is 24.2 Å². The van der Waals surface area contributed by atoms with Crippen molar-refractivity contribution in [2.45, 2.75) is 73.0 Å². The summed E-state index contributed by atoms with van der Waals surface area (Å²) in [5.41, 5.74) is 1.64. The van der Waals surface area contributed by atoms with Gasteiger partial charge in [0.25, 0.3) is 0 Å². The van der Waals surface area contributed by atoms with Crippen molar-refractivity contribution < 1.29 is 14.3 Å². The number of nitrogens with zero attached hydrogens (tertiary/aromatic N) is 1. The maximum atomic E-state index is 12.2. The molecule has 0 spiro atoms. The smallest absolute Gasteiger partial charge is 0.407 e. The first-order chi connectivity index (χ1) is 14.1. The van der Waals surface area contributed by atoms with Crippen molar-refractivity contribution in [1.29, 1.82) is 5.26 Å². The van der Waals surface area contributed by atoms with E-state index in [0.29, 0.717) is 13.0 Å². The second-order valence-corrected chi connectivity index (χ2v) is 7.93. The Kier molecular flexibility index (Phi) is 12.9. The van der Waals surface area contributed by atoms with Crippen molar-refractivity contribution in [3.8, 4) is 6.07 Å². The summed E-state index contributed by atoms with van der Waals surface area (Å²) in [5, 5.41) is 14.7. The van der Waals surface area contributed by atoms with Crippen LogP contribution in [0.2, 0.25) is 0 Å². The highest BCUT2D eigenvalue weighted by molar-refractivity contribution is 5.77. The van der Waals surface area contributed by atoms with Crippen LogP contribution >= 0.6 is 0 Å². The number of alkyl carbamates (subject to hydrolysis) is 1. The van der Waals surface area contributed by atoms with Crippen molar-refractivity contribution >= 4 is 12.0 Å². The van der Waals surface area contributed by atoms with E-state index in [0.717, 1.165) is 11.1 Å². The number of benzene rings is 1. The maximum absolute atomic E-state index is 12.2. The lowest BCUT2D eigenvalue weighted by Gasteiger charge is -2.19. The van der Waals surface area contributed by atoms with Gasteiger partial charge in [-0.25, -0.2) is 4.79 Å². The van der Waals surface area contributed by atoms with Crippen molar-refractivity contribution in [2.24, 2.45) is 5.92 Å². The summed E-state index contributed by atoms with van der Waals surface area (Å²) < 4.78 is 5.14. The van der Waals surface area contributed by atoms with Crippen LogP contribution in [-0.2, 0) is 16.0 Å². The van der Waals surface area contributed by atoms with Gasteiger partial charge >= 0.3 is 6.09 Å². The first-order valence-electron chi connectivity index (χ1n) is 10.5. The average Bonchev–Trinajstić information content (AvgIpc) is 2.66. The van der Waals surface area contributed by atoms with E-state index in [1.54, 1.807) is 26.8 Å². The highest BCUT2D eigenvalue weighted by Crippen LogP contribution is 2.08. The number of rotatable bonds is 8. The quantitative estimate of drug-likeness (QED) is 0.603. The molecule has 30 heavy (non-hydrogen) atoms. The maximum Gasteiger partial charge on any atom is 0.407 e. The zero-order valence-electron chi connectivity index (χ0n) is 19.4. The van der Waals surface area contributed by atoms with E-state index in [-0.39, 0.29) is 18.2 Å². The van der Waals surface area contributed by atoms with Gasteiger partial charge in [-0.2, -0.15) is 5.26 Å². The molecule has 0 saturated carbocycles. The van der Waals surface area contributed by atoms with Crippen LogP contribution in [0.1, 0.15) is 59.1 Å². The lowest BCUT2D eigenvalue weighted by molar-refractivity contribution is -0.122. The Morgan fingerprint density at radius 2 is 1.80 bits per heavy atom. The summed E-state index contributed by atoms with van der Waals surface area (Å²) in [6.45, 7) is 13.6. The predicted octanol–water partition coefficient (Wildman–Crippen LogP) is 4.68. The molecule has 0 saturated heterocycles. The third-order valence-electron chi connectivity index (χ3n) is 3.79. The Labute approximate surface area is 181 Å². The first kappa shape index (κ1) is 27.2. The zero-order valence-corrected chi connectivity index (χ0v) is 19.4. The SMILES string of the molecule is CC.Cc1ccc(CC(C#N)NC(=O)C[C@H](C)/C=C\CNC(=O)OC(C)(C)C)cc1. The lowest BCUT2D eigenvalue weighted by Crippen LogP contribution is -2.36. The molecule has 1 unspecified atom stereocenters. The molecule has 6 heteroatoms. The van der Waals surface area contributed by atoms with Crippen molar-refractivity contribution in [3.63, 3.8) is 0 Å². The summed E-state index contributed by atoms with van der Waals surface area (Å²) in [6.07, 6.45) is 3.92. The van der Waals surface area contributed by atoms with Gasteiger partial charge in [-0.1, -0.05) is 62.8 Å². The molecule has 2 amide bonds. The normalized spacial score (nSPS) is 12.7. The lowest BCUT2D eigenvalue weighted by atomic mass is 10.0. The minimum absolute atomic E-state index is 0.0147. The number of ether oxygens (including phenoxy) is 1. The minimum atomic E-state index is -0.555. The molecule has 1 rings (SSSR count). The van der Waals surface area contributed by atoms with Crippen molar-refractivity contribution in [1.82, 2.24) is 10.6 Å². The Morgan fingerprint density at radius 1 is 1.20 bits per heavy atom. The fourth-order valence-corrected chi connectivity index (χ4v) is 2.46. The summed E-state index contributed by atoms with van der Waals surface area (Å²) >= 11 is 0. The monoisotopic (exact) mass is 415 g/mol. The summed E-state index contributed by atoms with van der Waals surface area (Å²) in [5.74, 6) is -0.185. The number of allylic oxidation sites excluding steroid dienone is 1. The fourth-order valence-electron chi connectivity index (χ4n) is 2.46. The van der Waals surface area contributed by atoms with Crippen LogP contribution in [0.25, 0.3) is 0 Å². The Balaban J connectivity index is 0.00000407. The number of nitriles is 1. The van der Waals surface area contributed by atoms with Crippen LogP contribution in [0.15, 0.2) is 36.4 Å². The number of amides is 2. The molecule has 0 heterocycles. The average molecular weight is 416 g/mol. The molecule has 1 aromatic carbocycles. The molecule has 0 aromatic heterocycles. The Bertz CT molecular complexity index is 713. The number of hydrogen-bond acceptors (Lipinski definition) is 4. The number of hydrogen-bond donors (Lipinski definition) is 2. The van der Waals surface area contributed by atoms with Gasteiger partial charge in [0.2, 0.25) is 5.91 Å². The van der Waals surface area contributed by atoms with E-state index in [1.807, 2.05) is 58.0 Å². The fraction of sp³-hybridized carbons (Fsp3) is 0.542. The zero-order chi connectivity index (χ0) is 23.2. The highest BCUT2D eigenvalue weighted by Gasteiger charge is 2.16. The molecule has 0 bridgehead atoms. The third kappa shape index (κ3) is 13.4. The molecule has 0 aliphatic rings. The van der Waals surface area contributed by atoms with E-state index < -0.39 is 17.7 Å². The van der Waals surface area contributed by atoms with Gasteiger partial charge in [0.05, 0.1) is 6.07 Å². The van der Waals surface area contributed by atoms with Crippen LogP contribution in [0.5, 0.6) is 0 Å². The topological polar surface area (TPSA) is 91.2 Å². The van der Waals surface area contributed by atoms with E-state index in [4.69, 9.17) is 4.74 Å². The van der Waals surface area contributed by atoms with Gasteiger partial charge in [0, 0.05) is 19.4 Å². The van der Waals surface area contributed by atoms with Crippen LogP contribution in [0.4, 0.5) is 4.79 Å². The van der Waals surface area contributed by atoms with Gasteiger partial charge in [0.15, 0.2) is 0 Å². The Morgan fingerprint density at radius 3 is 2.33 bits per heavy atom. The van der Waals surface area contributed by atoms with Gasteiger partial charge < -0.3 is 15.4 Å². The minimum Gasteiger partial charge on any atom is -0.444 e. The standard InChI is InChI=1S/C22H31N3O3.C2H6/c1-16-8-10-18(11-9-16)14-19(15-23)25-20(26)13-17(2)7-6-12-24-21(27)28-22(3,4)5;1-2/h6-11,17,19H,12-14H2,1-5H3,(H,24,27)(H,25,26);1-2H3/b7-6-;/t17-,19?;/m1./s1. The molecule has 0 radical (unpaired) electrons. The second kappa shape index (κ2) is 14.2. The highest BCUT2D eigenvalue weighted by atomic mass is 16.6. The number of carbonyl (C=O) groups excluding carboxylic acids is 2. The van der Waals surface area contributed by atoms with Gasteiger partial charge in [-0.05, 0) is 39.2 Å². The predicted molar refractivity (Wildman–Crippen MR) is 121 cm³/mol. The van der Waals surface area contributed by atoms with Crippen LogP contribution in [0.3, 0.4) is 0 Å². The third-order valence-corrected chi connectivity index (χ3v) is 3.79. The van der Waals surface area contributed by atoms with Crippen LogP contribution in [-0.4, -0.2) is 30.2 Å². The largest absolute Gasteiger partial charge is 0.444 e. The van der Waals surface area contributed by atoms with E-state index in [1.165, 1.54) is 0 Å². The molecule has 0 fully saturated rings. The molecule has 0 aliphatic carbocycles. The number of nitrogens with one attached hydrogen (secondary N) is 2. The van der Waals surface area contributed by atoms with Crippen molar-refractivity contribution in [2.75, 3.05) is 6.54 Å². The summed E-state index contributed by atoms with van der Waals surface area (Å²) in [7, 11) is 0. The van der Waals surface area contributed by atoms with Crippen molar-refractivity contribution in [3.05, 3.63) is 47.5 Å². The van der Waals surface area contributed by atoms with Crippen LogP contribution < -0.4 is 10.6 Å². The summed E-state index contributed by atoms with van der Waals surface area (Å²) in [4.78, 5) is 23.7. The van der Waals surface area contributed by atoms with E-state index in [2.05, 4.69) is 16.7 Å². The second-order valence-electron chi connectivity index (χ2n) is 7.93. The van der Waals surface area contributed by atoms with Gasteiger partial charge in [-0.3, -0.25) is 4.79 Å². The van der Waals surface area contributed by atoms with Gasteiger partial charge in [-0.15, -0.1) is 0 Å².